The third-order valence-corrected chi connectivity index (χ3v) is 11.7. The van der Waals surface area contributed by atoms with Crippen molar-refractivity contribution in [2.75, 3.05) is 26.2 Å². The van der Waals surface area contributed by atoms with Gasteiger partial charge in [-0.05, 0) is 59.7 Å². The van der Waals surface area contributed by atoms with Gasteiger partial charge < -0.3 is 23.7 Å². The zero-order chi connectivity index (χ0) is 36.5. The molecule has 6 heterocycles. The van der Waals surface area contributed by atoms with Crippen molar-refractivity contribution in [2.24, 2.45) is 0 Å². The van der Waals surface area contributed by atoms with Crippen molar-refractivity contribution in [1.82, 2.24) is 18.9 Å². The number of fused-ring (bicyclic) bond motifs is 8. The van der Waals surface area contributed by atoms with E-state index in [2.05, 4.69) is 97.8 Å². The molecule has 274 valence electrons. The highest BCUT2D eigenvalue weighted by Gasteiger charge is 2.46. The second kappa shape index (κ2) is 14.4. The van der Waals surface area contributed by atoms with E-state index in [1.165, 1.54) is 16.8 Å². The van der Waals surface area contributed by atoms with Crippen LogP contribution in [0.15, 0.2) is 133 Å². The number of nitrogens with zero attached hydrogens (tertiary/aromatic N) is 4. The monoisotopic (exact) mass is 718 g/mol. The molecule has 0 saturated carbocycles. The van der Waals surface area contributed by atoms with E-state index in [9.17, 15) is 9.90 Å². The van der Waals surface area contributed by atoms with Crippen LogP contribution in [0, 0.1) is 0 Å². The SMILES string of the molecule is O=Cc1ccc2n1-c1ccccc1OC21CCN(Cc2ccccc2)CC1.OCc1ccc2n1-c1ccccc1OC21CCN(Cc2ccccc2)CC1. The highest BCUT2D eigenvalue weighted by Crippen LogP contribution is 2.47. The number of rotatable bonds is 6. The maximum atomic E-state index is 11.6. The smallest absolute Gasteiger partial charge is 0.166 e. The number of benzene rings is 4. The lowest BCUT2D eigenvalue weighted by Crippen LogP contribution is -2.48. The summed E-state index contributed by atoms with van der Waals surface area (Å²) in [5.41, 5.74) is 7.89. The molecular formula is C46H46N4O4. The van der Waals surface area contributed by atoms with Crippen molar-refractivity contribution >= 4 is 6.29 Å². The van der Waals surface area contributed by atoms with Crippen molar-refractivity contribution < 1.29 is 19.4 Å². The highest BCUT2D eigenvalue weighted by molar-refractivity contribution is 5.75. The summed E-state index contributed by atoms with van der Waals surface area (Å²) in [5.74, 6) is 1.77. The summed E-state index contributed by atoms with van der Waals surface area (Å²) >= 11 is 0. The molecular weight excluding hydrogens is 673 g/mol. The standard InChI is InChI=1S/C23H24N2O2.C23H22N2O2/c2*26-17-19-10-11-22-23(27-21-9-5-4-8-20(21)25(19)22)12-14-24(15-13-23)16-18-6-2-1-3-7-18/h1-11,26H,12-17H2;1-11,17H,12-16H2. The summed E-state index contributed by atoms with van der Waals surface area (Å²) in [7, 11) is 0. The van der Waals surface area contributed by atoms with Crippen LogP contribution in [0.5, 0.6) is 11.5 Å². The van der Waals surface area contributed by atoms with Crippen LogP contribution in [0.4, 0.5) is 0 Å². The molecule has 4 aromatic carbocycles. The molecule has 0 bridgehead atoms. The van der Waals surface area contributed by atoms with Crippen molar-refractivity contribution in [3.63, 3.8) is 0 Å². The molecule has 0 unspecified atom stereocenters. The van der Waals surface area contributed by atoms with Gasteiger partial charge in [0.1, 0.15) is 11.5 Å². The quantitative estimate of drug-likeness (QED) is 0.176. The van der Waals surface area contributed by atoms with Crippen molar-refractivity contribution in [1.29, 1.82) is 0 Å². The number of carbonyl (C=O) groups is 1. The normalized spacial score (nSPS) is 17.9. The van der Waals surface area contributed by atoms with Crippen LogP contribution < -0.4 is 9.47 Å². The molecule has 2 spiro atoms. The number of aldehydes is 1. The molecule has 6 aromatic rings. The summed E-state index contributed by atoms with van der Waals surface area (Å²) in [6.07, 6.45) is 4.66. The van der Waals surface area contributed by atoms with Crippen LogP contribution in [0.3, 0.4) is 0 Å². The highest BCUT2D eigenvalue weighted by atomic mass is 16.5. The number of hydrogen-bond acceptors (Lipinski definition) is 6. The number of aliphatic hydroxyl groups excluding tert-OH is 1. The number of aliphatic hydroxyl groups is 1. The van der Waals surface area contributed by atoms with Gasteiger partial charge in [-0.2, -0.15) is 0 Å². The first-order valence-electron chi connectivity index (χ1n) is 19.2. The first-order valence-corrected chi connectivity index (χ1v) is 19.2. The Morgan fingerprint density at radius 3 is 1.48 bits per heavy atom. The summed E-state index contributed by atoms with van der Waals surface area (Å²) < 4.78 is 17.5. The lowest BCUT2D eigenvalue weighted by atomic mass is 9.86. The molecule has 2 fully saturated rings. The summed E-state index contributed by atoms with van der Waals surface area (Å²) in [5, 5.41) is 9.83. The molecule has 8 heteroatoms. The van der Waals surface area contributed by atoms with E-state index < -0.39 is 0 Å². The van der Waals surface area contributed by atoms with E-state index in [0.717, 1.165) is 105 Å². The third-order valence-electron chi connectivity index (χ3n) is 11.7. The lowest BCUT2D eigenvalue weighted by Gasteiger charge is -2.45. The van der Waals surface area contributed by atoms with Gasteiger partial charge in [-0.25, -0.2) is 0 Å². The van der Waals surface area contributed by atoms with Crippen molar-refractivity contribution in [2.45, 2.75) is 56.6 Å². The van der Waals surface area contributed by atoms with Gasteiger partial charge in [0.15, 0.2) is 17.5 Å². The Morgan fingerprint density at radius 1 is 0.537 bits per heavy atom. The fourth-order valence-electron chi connectivity index (χ4n) is 8.94. The van der Waals surface area contributed by atoms with Crippen LogP contribution >= 0.6 is 0 Å². The molecule has 4 aliphatic heterocycles. The number of hydrogen-bond donors (Lipinski definition) is 1. The van der Waals surface area contributed by atoms with Gasteiger partial charge in [-0.3, -0.25) is 14.6 Å². The molecule has 0 aliphatic carbocycles. The van der Waals surface area contributed by atoms with E-state index in [0.29, 0.717) is 5.69 Å². The third kappa shape index (κ3) is 6.24. The Balaban J connectivity index is 0.000000142. The van der Waals surface area contributed by atoms with Gasteiger partial charge >= 0.3 is 0 Å². The molecule has 0 atom stereocenters. The second-order valence-corrected chi connectivity index (χ2v) is 15.0. The van der Waals surface area contributed by atoms with Gasteiger partial charge in [0.25, 0.3) is 0 Å². The van der Waals surface area contributed by atoms with Crippen LogP contribution in [-0.4, -0.2) is 56.5 Å². The van der Waals surface area contributed by atoms with Gasteiger partial charge in [0.2, 0.25) is 0 Å². The molecule has 2 saturated heterocycles. The van der Waals surface area contributed by atoms with Crippen LogP contribution in [0.2, 0.25) is 0 Å². The van der Waals surface area contributed by atoms with Crippen LogP contribution in [0.1, 0.15) is 64.4 Å². The van der Waals surface area contributed by atoms with Gasteiger partial charge in [-0.1, -0.05) is 84.9 Å². The Morgan fingerprint density at radius 2 is 0.981 bits per heavy atom. The van der Waals surface area contributed by atoms with Gasteiger partial charge in [-0.15, -0.1) is 0 Å². The van der Waals surface area contributed by atoms with Gasteiger partial charge in [0, 0.05) is 70.6 Å². The van der Waals surface area contributed by atoms with E-state index in [1.807, 2.05) is 54.6 Å². The maximum absolute atomic E-state index is 11.6. The van der Waals surface area contributed by atoms with E-state index in [1.54, 1.807) is 0 Å². The molecule has 10 rings (SSSR count). The largest absolute Gasteiger partial charge is 0.479 e. The van der Waals surface area contributed by atoms with E-state index in [4.69, 9.17) is 9.47 Å². The minimum Gasteiger partial charge on any atom is -0.479 e. The summed E-state index contributed by atoms with van der Waals surface area (Å²) in [4.78, 5) is 16.6. The van der Waals surface area contributed by atoms with Crippen molar-refractivity contribution in [3.05, 3.63) is 167 Å². The maximum Gasteiger partial charge on any atom is 0.166 e. The Labute approximate surface area is 316 Å². The number of ether oxygens (including phenoxy) is 2. The zero-order valence-corrected chi connectivity index (χ0v) is 30.5. The molecule has 54 heavy (non-hydrogen) atoms. The van der Waals surface area contributed by atoms with E-state index >= 15 is 0 Å². The fourth-order valence-corrected chi connectivity index (χ4v) is 8.94. The molecule has 4 aliphatic rings. The second-order valence-electron chi connectivity index (χ2n) is 15.0. The fraction of sp³-hybridized carbons (Fsp3) is 0.283. The van der Waals surface area contributed by atoms with E-state index in [-0.39, 0.29) is 17.8 Å². The van der Waals surface area contributed by atoms with Gasteiger partial charge in [0.05, 0.1) is 35.1 Å². The molecule has 0 radical (unpaired) electrons. The average Bonchev–Trinajstić information content (AvgIpc) is 3.88. The topological polar surface area (TPSA) is 72.1 Å². The van der Waals surface area contributed by atoms with Crippen LogP contribution in [0.25, 0.3) is 11.4 Å². The molecule has 8 nitrogen and oxygen atoms in total. The first kappa shape index (κ1) is 34.4. The minimum atomic E-state index is -0.358. The number of likely N-dealkylation sites (tertiary alicyclic amines) is 2. The Kier molecular flexibility index (Phi) is 9.19. The number of piperidine rings is 2. The first-order chi connectivity index (χ1) is 26.6. The number of para-hydroxylation sites is 4. The lowest BCUT2D eigenvalue weighted by molar-refractivity contribution is -0.0155. The number of aromatic nitrogens is 2. The molecule has 1 N–H and O–H groups in total. The summed E-state index contributed by atoms with van der Waals surface area (Å²) in [6, 6.07) is 45.5. The Bertz CT molecular complexity index is 2230. The van der Waals surface area contributed by atoms with Crippen LogP contribution in [-0.2, 0) is 30.9 Å². The predicted molar refractivity (Wildman–Crippen MR) is 209 cm³/mol. The number of carbonyl (C=O) groups excluding carboxylic acids is 1. The summed E-state index contributed by atoms with van der Waals surface area (Å²) in [6.45, 7) is 5.92. The van der Waals surface area contributed by atoms with Crippen molar-refractivity contribution in [3.8, 4) is 22.9 Å². The predicted octanol–water partition coefficient (Wildman–Crippen LogP) is 8.03. The minimum absolute atomic E-state index is 0.0323. The molecule has 2 aromatic heterocycles. The average molecular weight is 719 g/mol. The zero-order valence-electron chi connectivity index (χ0n) is 30.5. The molecule has 0 amide bonds. The Hall–Kier alpha value is -5.41.